The normalized spacial score (nSPS) is 12.2. The Balaban J connectivity index is 1.75. The van der Waals surface area contributed by atoms with E-state index in [9.17, 15) is 0 Å². The monoisotopic (exact) mass is 435 g/mol. The van der Waals surface area contributed by atoms with Gasteiger partial charge in [0, 0.05) is 16.2 Å². The maximum absolute atomic E-state index is 6.33. The number of anilines is 1. The molecule has 0 spiro atoms. The Morgan fingerprint density at radius 1 is 0.559 bits per heavy atom. The highest BCUT2D eigenvalue weighted by atomic mass is 15.1. The summed E-state index contributed by atoms with van der Waals surface area (Å²) in [7, 11) is 0. The van der Waals surface area contributed by atoms with Gasteiger partial charge in [0.15, 0.2) is 11.5 Å². The van der Waals surface area contributed by atoms with E-state index in [1.54, 1.807) is 0 Å². The van der Waals surface area contributed by atoms with E-state index in [-0.39, 0.29) is 0 Å². The van der Waals surface area contributed by atoms with Gasteiger partial charge in [0.2, 0.25) is 0 Å². The van der Waals surface area contributed by atoms with Crippen LogP contribution in [0.2, 0.25) is 0 Å². The second-order valence-electron chi connectivity index (χ2n) is 8.75. The summed E-state index contributed by atoms with van der Waals surface area (Å²) in [5.74, 6) is 0.419. The Bertz CT molecular complexity index is 2090. The molecule has 0 saturated heterocycles. The van der Waals surface area contributed by atoms with Gasteiger partial charge in [-0.05, 0) is 37.7 Å². The third kappa shape index (κ3) is 2.07. The van der Waals surface area contributed by atoms with Gasteiger partial charge in [-0.3, -0.25) is 4.57 Å². The van der Waals surface area contributed by atoms with E-state index < -0.39 is 0 Å². The van der Waals surface area contributed by atoms with Crippen molar-refractivity contribution < 1.29 is 0 Å². The predicted octanol–water partition coefficient (Wildman–Crippen LogP) is 6.60. The molecule has 158 valence electrons. The molecule has 0 aliphatic heterocycles. The molecule has 2 N–H and O–H groups in total. The first-order valence-corrected chi connectivity index (χ1v) is 11.2. The van der Waals surface area contributed by atoms with Crippen molar-refractivity contribution in [1.82, 2.24) is 19.5 Å². The minimum Gasteiger partial charge on any atom is -0.382 e. The van der Waals surface area contributed by atoms with Crippen molar-refractivity contribution >= 4 is 70.8 Å². The Morgan fingerprint density at radius 3 is 2.12 bits per heavy atom. The van der Waals surface area contributed by atoms with Crippen LogP contribution in [0.25, 0.3) is 70.7 Å². The molecule has 34 heavy (non-hydrogen) atoms. The molecule has 6 aromatic carbocycles. The average molecular weight is 435 g/mol. The molecule has 2 heterocycles. The highest BCUT2D eigenvalue weighted by Gasteiger charge is 2.21. The molecular weight excluding hydrogens is 418 g/mol. The lowest BCUT2D eigenvalue weighted by Crippen LogP contribution is -2.01. The standard InChI is InChI=1S/C29H17N5/c30-28-27-29(32-14-31-28)33-15-34(27)26-21-10-4-3-9-20(21)24-19-8-2-1-7-17(19)18-11-5-6-16-12-13-22(26)25(24)23(16)18/h1-15H,(H2,30,31,32). The lowest BCUT2D eigenvalue weighted by atomic mass is 9.86. The number of fused-ring (bicyclic) bond motifs is 6. The Labute approximate surface area is 193 Å². The Morgan fingerprint density at radius 2 is 1.26 bits per heavy atom. The molecule has 0 aliphatic carbocycles. The van der Waals surface area contributed by atoms with E-state index in [0.29, 0.717) is 11.5 Å². The first kappa shape index (κ1) is 17.7. The quantitative estimate of drug-likeness (QED) is 0.233. The number of aromatic nitrogens is 4. The maximum atomic E-state index is 6.33. The van der Waals surface area contributed by atoms with E-state index in [2.05, 4.69) is 98.4 Å². The summed E-state index contributed by atoms with van der Waals surface area (Å²) in [4.78, 5) is 13.2. The van der Waals surface area contributed by atoms with Crippen LogP contribution in [0.3, 0.4) is 0 Å². The molecule has 2 aromatic heterocycles. The number of nitrogens with two attached hydrogens (primary N) is 1. The van der Waals surface area contributed by atoms with E-state index in [4.69, 9.17) is 5.73 Å². The molecule has 5 heteroatoms. The minimum atomic E-state index is 0.419. The summed E-state index contributed by atoms with van der Waals surface area (Å²) >= 11 is 0. The van der Waals surface area contributed by atoms with Crippen LogP contribution in [0.4, 0.5) is 5.82 Å². The number of rotatable bonds is 1. The zero-order chi connectivity index (χ0) is 22.4. The summed E-state index contributed by atoms with van der Waals surface area (Å²) in [6.07, 6.45) is 3.27. The minimum absolute atomic E-state index is 0.419. The fraction of sp³-hybridized carbons (Fsp3) is 0. The number of hydrogen-bond donors (Lipinski definition) is 1. The molecule has 0 atom stereocenters. The highest BCUT2D eigenvalue weighted by molar-refractivity contribution is 6.40. The molecule has 0 radical (unpaired) electrons. The topological polar surface area (TPSA) is 69.6 Å². The molecule has 0 unspecified atom stereocenters. The summed E-state index contributed by atoms with van der Waals surface area (Å²) in [6, 6.07) is 28.3. The van der Waals surface area contributed by atoms with Crippen LogP contribution >= 0.6 is 0 Å². The summed E-state index contributed by atoms with van der Waals surface area (Å²) in [5, 5.41) is 12.4. The van der Waals surface area contributed by atoms with Crippen molar-refractivity contribution in [3.8, 4) is 5.69 Å². The largest absolute Gasteiger partial charge is 0.382 e. The fourth-order valence-electron chi connectivity index (χ4n) is 5.77. The van der Waals surface area contributed by atoms with E-state index >= 15 is 0 Å². The SMILES string of the molecule is Nc1ncnc2ncn(-c3c4ccccc4c4c5ccccc5c5cccc6ccc3c4c65)c12. The number of nitrogens with zero attached hydrogens (tertiary/aromatic N) is 4. The van der Waals surface area contributed by atoms with Crippen LogP contribution < -0.4 is 5.73 Å². The van der Waals surface area contributed by atoms with Gasteiger partial charge in [-0.2, -0.15) is 0 Å². The summed E-state index contributed by atoms with van der Waals surface area (Å²) in [5.41, 5.74) is 8.70. The first-order valence-electron chi connectivity index (χ1n) is 11.2. The molecular formula is C29H17N5. The number of benzene rings is 6. The van der Waals surface area contributed by atoms with Crippen LogP contribution in [-0.4, -0.2) is 19.5 Å². The van der Waals surface area contributed by atoms with E-state index in [1.165, 1.54) is 49.4 Å². The van der Waals surface area contributed by atoms with Crippen LogP contribution in [-0.2, 0) is 0 Å². The molecule has 0 aliphatic rings. The Kier molecular flexibility index (Phi) is 3.22. The third-order valence-electron chi connectivity index (χ3n) is 7.10. The van der Waals surface area contributed by atoms with Gasteiger partial charge < -0.3 is 5.73 Å². The number of hydrogen-bond acceptors (Lipinski definition) is 4. The second kappa shape index (κ2) is 6.17. The molecule has 8 rings (SSSR count). The lowest BCUT2D eigenvalue weighted by Gasteiger charge is -2.20. The predicted molar refractivity (Wildman–Crippen MR) is 140 cm³/mol. The molecule has 8 aromatic rings. The van der Waals surface area contributed by atoms with E-state index in [1.807, 2.05) is 6.33 Å². The highest BCUT2D eigenvalue weighted by Crippen LogP contribution is 2.46. The second-order valence-corrected chi connectivity index (χ2v) is 8.75. The van der Waals surface area contributed by atoms with Gasteiger partial charge in [0.1, 0.15) is 18.2 Å². The third-order valence-corrected chi connectivity index (χ3v) is 7.10. The fourth-order valence-corrected chi connectivity index (χ4v) is 5.77. The number of nitrogen functional groups attached to an aromatic ring is 1. The van der Waals surface area contributed by atoms with Crippen molar-refractivity contribution in [2.75, 3.05) is 5.73 Å². The van der Waals surface area contributed by atoms with Crippen LogP contribution in [0, 0.1) is 0 Å². The zero-order valence-corrected chi connectivity index (χ0v) is 18.0. The van der Waals surface area contributed by atoms with Gasteiger partial charge >= 0.3 is 0 Å². The molecule has 0 saturated carbocycles. The summed E-state index contributed by atoms with van der Waals surface area (Å²) < 4.78 is 2.06. The molecule has 0 amide bonds. The van der Waals surface area contributed by atoms with Crippen LogP contribution in [0.15, 0.2) is 91.5 Å². The van der Waals surface area contributed by atoms with Gasteiger partial charge in [-0.15, -0.1) is 0 Å². The van der Waals surface area contributed by atoms with Crippen molar-refractivity contribution in [3.05, 3.63) is 91.5 Å². The van der Waals surface area contributed by atoms with Crippen LogP contribution in [0.5, 0.6) is 0 Å². The van der Waals surface area contributed by atoms with Gasteiger partial charge in [-0.1, -0.05) is 78.9 Å². The van der Waals surface area contributed by atoms with Crippen molar-refractivity contribution in [3.63, 3.8) is 0 Å². The molecule has 0 bridgehead atoms. The maximum Gasteiger partial charge on any atom is 0.183 e. The van der Waals surface area contributed by atoms with Gasteiger partial charge in [0.05, 0.1) is 5.69 Å². The summed E-state index contributed by atoms with van der Waals surface area (Å²) in [6.45, 7) is 0. The zero-order valence-electron chi connectivity index (χ0n) is 18.0. The van der Waals surface area contributed by atoms with Crippen molar-refractivity contribution in [2.45, 2.75) is 0 Å². The Hall–Kier alpha value is -4.77. The van der Waals surface area contributed by atoms with E-state index in [0.717, 1.165) is 22.0 Å². The number of imidazole rings is 1. The molecule has 5 nitrogen and oxygen atoms in total. The van der Waals surface area contributed by atoms with Gasteiger partial charge in [-0.25, -0.2) is 15.0 Å². The lowest BCUT2D eigenvalue weighted by molar-refractivity contribution is 1.11. The van der Waals surface area contributed by atoms with Crippen LogP contribution in [0.1, 0.15) is 0 Å². The smallest absolute Gasteiger partial charge is 0.183 e. The van der Waals surface area contributed by atoms with Crippen molar-refractivity contribution in [2.24, 2.45) is 0 Å². The molecule has 0 fully saturated rings. The average Bonchev–Trinajstić information content (AvgIpc) is 3.32. The van der Waals surface area contributed by atoms with Gasteiger partial charge in [0.25, 0.3) is 0 Å². The van der Waals surface area contributed by atoms with Crippen molar-refractivity contribution in [1.29, 1.82) is 0 Å². The first-order chi connectivity index (χ1) is 16.8.